The molecule has 9 heteroatoms. The van der Waals surface area contributed by atoms with E-state index in [1.807, 2.05) is 0 Å². The van der Waals surface area contributed by atoms with Crippen LogP contribution in [-0.2, 0) is 18.6 Å². The fourth-order valence-corrected chi connectivity index (χ4v) is 2.39. The van der Waals surface area contributed by atoms with Crippen molar-refractivity contribution in [3.63, 3.8) is 0 Å². The molecule has 0 aromatic rings. The molecule has 1 atom stereocenters. The van der Waals surface area contributed by atoms with Crippen LogP contribution in [-0.4, -0.2) is 32.5 Å². The van der Waals surface area contributed by atoms with Crippen LogP contribution < -0.4 is 113 Å². The van der Waals surface area contributed by atoms with Crippen molar-refractivity contribution in [3.05, 3.63) is 0 Å². The third-order valence-electron chi connectivity index (χ3n) is 3.70. The Morgan fingerprint density at radius 2 is 1.22 bits per heavy atom. The molecule has 6 nitrogen and oxygen atoms in total. The second-order valence-electron chi connectivity index (χ2n) is 6.57. The van der Waals surface area contributed by atoms with E-state index in [1.165, 1.54) is 51.4 Å². The van der Waals surface area contributed by atoms with Crippen molar-refractivity contribution in [1.82, 2.24) is 0 Å². The van der Waals surface area contributed by atoms with Crippen molar-refractivity contribution in [2.24, 2.45) is 0 Å². The van der Waals surface area contributed by atoms with Gasteiger partial charge in [0.1, 0.15) is 0 Å². The van der Waals surface area contributed by atoms with Crippen molar-refractivity contribution in [3.8, 4) is 0 Å². The van der Waals surface area contributed by atoms with Gasteiger partial charge in [-0.2, -0.15) is 0 Å². The van der Waals surface area contributed by atoms with Crippen LogP contribution in [0.15, 0.2) is 0 Å². The van der Waals surface area contributed by atoms with E-state index >= 15 is 0 Å². The van der Waals surface area contributed by atoms with Crippen LogP contribution in [0.5, 0.6) is 0 Å². The van der Waals surface area contributed by atoms with Gasteiger partial charge >= 0.3 is 103 Å². The molecule has 2 aliphatic heterocycles. The van der Waals surface area contributed by atoms with Crippen LogP contribution in [0, 0.1) is 0 Å². The number of hydrogen-bond donors (Lipinski definition) is 0. The summed E-state index contributed by atoms with van der Waals surface area (Å²) in [4.78, 5) is 20.3. The van der Waals surface area contributed by atoms with Crippen LogP contribution in [0.2, 0.25) is 0 Å². The average molecular weight is 459 g/mol. The van der Waals surface area contributed by atoms with Gasteiger partial charge in [0.15, 0.2) is 0 Å². The minimum absolute atomic E-state index is 0. The van der Waals surface area contributed by atoms with Crippen molar-refractivity contribution in [2.75, 3.05) is 26.4 Å². The van der Waals surface area contributed by atoms with Crippen molar-refractivity contribution >= 4 is 7.82 Å². The van der Waals surface area contributed by atoms with Crippen LogP contribution in [0.3, 0.4) is 0 Å². The summed E-state index contributed by atoms with van der Waals surface area (Å²) in [5.74, 6) is 0. The summed E-state index contributed by atoms with van der Waals surface area (Å²) in [7, 11) is -4.75. The summed E-state index contributed by atoms with van der Waals surface area (Å²) in [5.41, 5.74) is 0. The maximum absolute atomic E-state index is 10.2. The van der Waals surface area contributed by atoms with Crippen molar-refractivity contribution in [1.29, 1.82) is 0 Å². The molecule has 27 heavy (non-hydrogen) atoms. The van der Waals surface area contributed by atoms with Gasteiger partial charge in [0, 0.05) is 0 Å². The van der Waals surface area contributed by atoms with Gasteiger partial charge in [-0.25, -0.2) is 0 Å². The molecular weight excluding hydrogens is 421 g/mol. The standard InChI is InChI=1S/C13H29O4P.C3H6O.C2H4O.2K/c1-2-3-4-5-6-7-8-9-10-11-12-13-17-18(14,15)16;1-3-2-4-3;1-2-3-1;;/h2-13H2,1H3,(H2,14,15,16);3H,2H2,1H3;1-2H2;;/q;;;2*+1/p-2. The number of unbranched alkanes of at least 4 members (excludes halogenated alkanes) is 10. The van der Waals surface area contributed by atoms with E-state index in [0.29, 0.717) is 12.5 Å². The van der Waals surface area contributed by atoms with Gasteiger partial charge in [0.25, 0.3) is 0 Å². The molecule has 2 rings (SSSR count). The zero-order chi connectivity index (χ0) is 18.8. The maximum atomic E-state index is 10.2. The van der Waals surface area contributed by atoms with Crippen LogP contribution in [0.1, 0.15) is 84.5 Å². The second-order valence-corrected chi connectivity index (χ2v) is 7.72. The molecule has 0 aromatic heterocycles. The fraction of sp³-hybridized carbons (Fsp3) is 1.00. The molecular formula is C18H37K2O6P. The van der Waals surface area contributed by atoms with Gasteiger partial charge in [0.2, 0.25) is 0 Å². The number of phosphoric ester groups is 1. The molecule has 2 saturated heterocycles. The van der Waals surface area contributed by atoms with Gasteiger partial charge in [-0.3, -0.25) is 0 Å². The Hall–Kier alpha value is 3.30. The number of phosphoric acid groups is 1. The second kappa shape index (κ2) is 25.6. The molecule has 2 heterocycles. The Bertz CT molecular complexity index is 322. The Morgan fingerprint density at radius 3 is 1.48 bits per heavy atom. The first-order valence-electron chi connectivity index (χ1n) is 9.81. The molecule has 0 N–H and O–H groups in total. The first-order valence-corrected chi connectivity index (χ1v) is 11.3. The van der Waals surface area contributed by atoms with E-state index in [1.54, 1.807) is 0 Å². The number of ether oxygens (including phenoxy) is 2. The SMILES string of the molecule is C1CO1.CC1CO1.CCCCCCCCCCCCCOP(=O)([O-])[O-].[K+].[K+]. The van der Waals surface area contributed by atoms with Crippen LogP contribution in [0.25, 0.3) is 0 Å². The molecule has 0 aromatic carbocycles. The van der Waals surface area contributed by atoms with E-state index in [2.05, 4.69) is 23.1 Å². The Balaban J connectivity index is -0.000000525. The summed E-state index contributed by atoms with van der Waals surface area (Å²) < 4.78 is 23.5. The first kappa shape index (κ1) is 34.9. The Kier molecular flexibility index (Phi) is 33.0. The molecule has 0 aliphatic carbocycles. The normalized spacial score (nSPS) is 16.5. The molecule has 0 radical (unpaired) electrons. The molecule has 2 aliphatic rings. The van der Waals surface area contributed by atoms with E-state index in [0.717, 1.165) is 32.7 Å². The minimum atomic E-state index is -4.75. The quantitative estimate of drug-likeness (QED) is 0.132. The topological polar surface area (TPSA) is 97.5 Å². The number of epoxide rings is 2. The van der Waals surface area contributed by atoms with Gasteiger partial charge in [-0.15, -0.1) is 0 Å². The average Bonchev–Trinajstić information content (AvgIpc) is 3.42. The monoisotopic (exact) mass is 458 g/mol. The van der Waals surface area contributed by atoms with Crippen LogP contribution in [0.4, 0.5) is 0 Å². The summed E-state index contributed by atoms with van der Waals surface area (Å²) in [6, 6.07) is 0. The molecule has 0 saturated carbocycles. The van der Waals surface area contributed by atoms with Crippen molar-refractivity contribution < 1.29 is 131 Å². The van der Waals surface area contributed by atoms with Crippen LogP contribution >= 0.6 is 7.82 Å². The Labute approximate surface area is 251 Å². The van der Waals surface area contributed by atoms with Gasteiger partial charge in [-0.1, -0.05) is 71.1 Å². The van der Waals surface area contributed by atoms with E-state index in [9.17, 15) is 14.4 Å². The molecule has 0 bridgehead atoms. The molecule has 152 valence electrons. The third-order valence-corrected chi connectivity index (χ3v) is 4.20. The summed E-state index contributed by atoms with van der Waals surface area (Å²) in [5, 5.41) is 0. The predicted molar refractivity (Wildman–Crippen MR) is 96.3 cm³/mol. The smallest absolute Gasteiger partial charge is 0.790 e. The first-order chi connectivity index (χ1) is 12.0. The summed E-state index contributed by atoms with van der Waals surface area (Å²) >= 11 is 0. The third kappa shape index (κ3) is 43.9. The molecule has 0 amide bonds. The van der Waals surface area contributed by atoms with Gasteiger partial charge < -0.3 is 28.3 Å². The van der Waals surface area contributed by atoms with E-state index in [4.69, 9.17) is 4.74 Å². The summed E-state index contributed by atoms with van der Waals surface area (Å²) in [6.07, 6.45) is 13.7. The Morgan fingerprint density at radius 1 is 0.889 bits per heavy atom. The number of rotatable bonds is 13. The van der Waals surface area contributed by atoms with Gasteiger partial charge in [-0.05, 0) is 13.3 Å². The fourth-order valence-electron chi connectivity index (χ4n) is 2.04. The van der Waals surface area contributed by atoms with E-state index < -0.39 is 7.82 Å². The van der Waals surface area contributed by atoms with E-state index in [-0.39, 0.29) is 109 Å². The number of hydrogen-bond acceptors (Lipinski definition) is 6. The summed E-state index contributed by atoms with van der Waals surface area (Å²) in [6.45, 7) is 7.31. The largest absolute Gasteiger partial charge is 1.00 e. The maximum Gasteiger partial charge on any atom is 1.00 e. The van der Waals surface area contributed by atoms with Crippen molar-refractivity contribution in [2.45, 2.75) is 90.6 Å². The van der Waals surface area contributed by atoms with Gasteiger partial charge in [0.05, 0.1) is 40.4 Å². The molecule has 2 fully saturated rings. The molecule has 0 spiro atoms. The zero-order valence-electron chi connectivity index (χ0n) is 18.1. The zero-order valence-corrected chi connectivity index (χ0v) is 25.2. The minimum Gasteiger partial charge on any atom is -0.790 e. The molecule has 1 unspecified atom stereocenters. The predicted octanol–water partition coefficient (Wildman–Crippen LogP) is -2.43.